The predicted molar refractivity (Wildman–Crippen MR) is 472 cm³/mol. The van der Waals surface area contributed by atoms with Crippen LogP contribution in [0.2, 0.25) is 0 Å². The summed E-state index contributed by atoms with van der Waals surface area (Å²) < 4.78 is 311. The Morgan fingerprint density at radius 1 is 0.350 bits per heavy atom. The maximum atomic E-state index is 13.6. The number of fused-ring (bicyclic) bond motifs is 15. The summed E-state index contributed by atoms with van der Waals surface area (Å²) in [4.78, 5) is 52.3. The highest BCUT2D eigenvalue weighted by molar-refractivity contribution is 8.04. The summed E-state index contributed by atoms with van der Waals surface area (Å²) in [5, 5.41) is -17.4. The summed E-state index contributed by atoms with van der Waals surface area (Å²) in [6.45, 7) is 0. The number of hydrogen-bond acceptors (Lipinski definition) is 17. The first-order valence-electron chi connectivity index (χ1n) is 44.4. The molecule has 0 spiro atoms. The summed E-state index contributed by atoms with van der Waals surface area (Å²) in [7, 11) is -20.0. The topological polar surface area (TPSA) is 260 Å². The second-order valence-electron chi connectivity index (χ2n) is 37.3. The van der Waals surface area contributed by atoms with Gasteiger partial charge in [-0.05, 0) is 264 Å². The van der Waals surface area contributed by atoms with Gasteiger partial charge in [0.1, 0.15) is 21.8 Å². The molecule has 0 radical (unpaired) electrons. The zero-order valence-electron chi connectivity index (χ0n) is 72.3. The molecule has 12 bridgehead atoms. The van der Waals surface area contributed by atoms with Crippen molar-refractivity contribution in [1.82, 2.24) is 0 Å². The average Bonchev–Trinajstić information content (AvgIpc) is 1.49. The Morgan fingerprint density at radius 3 is 0.993 bits per heavy atom. The van der Waals surface area contributed by atoms with Crippen LogP contribution in [0.4, 0.5) is 65.9 Å². The molecule has 11 fully saturated rings. The molecular weight excluding hydrogens is 1950 g/mol. The van der Waals surface area contributed by atoms with E-state index in [1.807, 2.05) is 42.1 Å². The lowest BCUT2D eigenvalue weighted by molar-refractivity contribution is -0.266. The number of allylic oxidation sites excluding steroid dienone is 2. The lowest BCUT2D eigenvalue weighted by atomic mass is 9.49. The standard InChI is InChI=1S/C19H15S.C18H13OS.C18H13S2.C16H17F5O5S.2C14H17F5O5S/c1-2-10-17(11-3-1)20-18-12-6-4-8-15(18)14-16-9-5-7-13-19(16)20;2*1-2-8-14(9-3-1)20-17-12-6-4-10-15(17)19-16-11-5-7-13-18(16)20;17-15(18,19)14(16(20,21)27(23,24)25)26-13(22)10-5-8-4-9(10)12-7-2-1-6(3-7)11(8)12;2*15-13(16,17)10(14(18,19)25(21,22)23)24-11(20)12-4-7-1-8(5-12)3-9(2-7)6-12/h1-13H,14H2;2*1-13H;1-2,6-12,14H,3-5H2,(H,23,24,25);2*7-10H,1-6H2,(H,21,22,23)/q3*+1;;;/p-3. The van der Waals surface area contributed by atoms with Gasteiger partial charge in [-0.15, -0.1) is 0 Å². The fourth-order valence-corrected chi connectivity index (χ4v) is 33.5. The van der Waals surface area contributed by atoms with Crippen LogP contribution in [0.25, 0.3) is 0 Å². The van der Waals surface area contributed by atoms with E-state index in [-0.39, 0.29) is 137 Å². The van der Waals surface area contributed by atoms with Gasteiger partial charge in [0.05, 0.1) is 37.4 Å². The van der Waals surface area contributed by atoms with Gasteiger partial charge < -0.3 is 32.6 Å². The van der Waals surface area contributed by atoms with Gasteiger partial charge in [0, 0.05) is 17.5 Å². The van der Waals surface area contributed by atoms with E-state index in [1.54, 1.807) is 0 Å². The molecule has 10 atom stereocenters. The van der Waals surface area contributed by atoms with Crippen molar-refractivity contribution in [2.75, 3.05) is 0 Å². The highest BCUT2D eigenvalue weighted by Gasteiger charge is 2.70. The molecule has 0 N–H and O–H groups in total. The van der Waals surface area contributed by atoms with E-state index in [0.29, 0.717) is 18.3 Å². The molecule has 10 unspecified atom stereocenters. The molecule has 12 aliphatic carbocycles. The third kappa shape index (κ3) is 20.0. The zero-order valence-corrected chi connectivity index (χ0v) is 78.0. The molecule has 11 saturated carbocycles. The molecule has 9 aromatic rings. The molecule has 24 rings (SSSR count). The molecule has 9 aromatic carbocycles. The fourth-order valence-electron chi connectivity index (χ4n) is 23.8. The van der Waals surface area contributed by atoms with E-state index < -0.39 is 118 Å². The summed E-state index contributed by atoms with van der Waals surface area (Å²) in [5.74, 6) is -1.76. The van der Waals surface area contributed by atoms with E-state index >= 15 is 0 Å². The Bertz CT molecular complexity index is 5740. The summed E-state index contributed by atoms with van der Waals surface area (Å²) in [5.41, 5.74) is 0.360. The number of rotatable bonds is 15. The fraction of sp³-hybridized carbons (Fsp3) is 0.404. The van der Waals surface area contributed by atoms with Gasteiger partial charge in [-0.2, -0.15) is 65.9 Å². The Labute approximate surface area is 793 Å². The molecule has 16 nitrogen and oxygen atoms in total. The number of alkyl halides is 15. The molecule has 0 amide bonds. The van der Waals surface area contributed by atoms with Crippen LogP contribution in [0.5, 0.6) is 11.5 Å². The zero-order chi connectivity index (χ0) is 97.7. The molecule has 38 heteroatoms. The van der Waals surface area contributed by atoms with Crippen LogP contribution in [0.1, 0.15) is 107 Å². The Kier molecular flexibility index (Phi) is 27.7. The number of para-hydroxylation sites is 2. The smallest absolute Gasteiger partial charge is 0.432 e. The minimum atomic E-state index is -6.68. The lowest BCUT2D eigenvalue weighted by Gasteiger charge is -2.55. The minimum absolute atomic E-state index is 0.0212. The Hall–Kier alpha value is -8.99. The summed E-state index contributed by atoms with van der Waals surface area (Å²) in [6, 6.07) is 84.4. The van der Waals surface area contributed by atoms with Crippen molar-refractivity contribution >= 4 is 92.7 Å². The van der Waals surface area contributed by atoms with Crippen molar-refractivity contribution < 1.29 is 138 Å². The Balaban J connectivity index is 0.000000114. The van der Waals surface area contributed by atoms with Gasteiger partial charge in [-0.1, -0.05) is 163 Å². The van der Waals surface area contributed by atoms with Gasteiger partial charge in [-0.3, -0.25) is 14.4 Å². The first-order valence-corrected chi connectivity index (χ1v) is 53.1. The van der Waals surface area contributed by atoms with Gasteiger partial charge >= 0.3 is 52.2 Å². The first-order chi connectivity index (χ1) is 64.6. The number of ether oxygens (including phenoxy) is 4. The molecule has 3 aliphatic heterocycles. The van der Waals surface area contributed by atoms with Crippen molar-refractivity contribution in [3.8, 4) is 11.5 Å². The maximum Gasteiger partial charge on any atom is 0.432 e. The van der Waals surface area contributed by atoms with Gasteiger partial charge in [0.25, 0.3) is 18.3 Å². The SMILES string of the molecule is O=C(OC(C(F)(F)F)C(F)(F)S(=O)(=O)[O-])C12CC3CC(CC(C3)C1)C2.O=C(OC(C(F)(F)F)C(F)(F)S(=O)(=O)[O-])C12CC3CC(CC(C3)C1)C2.O=C(OC(C(F)(F)F)C(F)(F)S(=O)(=O)[O-])C1CC2CC1C1C3C=CC(C3)C21.c1ccc([S+]2c3ccccc3Cc3ccccc32)cc1.c1ccc([S+]2c3ccccc3Oc3ccccc32)cc1.c1ccc([S+]2c3ccccc3Sc3ccccc32)cc1. The van der Waals surface area contributed by atoms with E-state index in [9.17, 15) is 119 Å². The third-order valence-electron chi connectivity index (χ3n) is 28.4. The largest absolute Gasteiger partial charge is 0.743 e. The first kappa shape index (κ1) is 99.6. The quantitative estimate of drug-likeness (QED) is 0.0176. The second-order valence-corrected chi connectivity index (χ2v) is 48.6. The molecule has 3 heterocycles. The number of halogens is 15. The van der Waals surface area contributed by atoms with Gasteiger partial charge in [-0.25, -0.2) is 25.3 Å². The van der Waals surface area contributed by atoms with Crippen LogP contribution in [0.15, 0.2) is 303 Å². The number of carbonyl (C=O) groups is 3. The predicted octanol–water partition coefficient (Wildman–Crippen LogP) is 23.1. The Morgan fingerprint density at radius 2 is 0.642 bits per heavy atom. The molecule has 728 valence electrons. The van der Waals surface area contributed by atoms with Crippen molar-refractivity contribution in [2.45, 2.75) is 209 Å². The van der Waals surface area contributed by atoms with Gasteiger partial charge in [0.2, 0.25) is 9.79 Å². The normalized spacial score (nSPS) is 27.2. The third-order valence-corrected chi connectivity index (χ3v) is 39.5. The average molecular weight is 2040 g/mol. The second kappa shape index (κ2) is 38.1. The van der Waals surface area contributed by atoms with Crippen LogP contribution in [0.3, 0.4) is 0 Å². The van der Waals surface area contributed by atoms with Crippen LogP contribution in [0, 0.1) is 87.8 Å². The van der Waals surface area contributed by atoms with E-state index in [1.165, 1.54) is 65.0 Å². The summed E-state index contributed by atoms with van der Waals surface area (Å²) >= 11 is 1.89. The van der Waals surface area contributed by atoms with Crippen LogP contribution in [-0.4, -0.2) is 109 Å². The van der Waals surface area contributed by atoms with Crippen molar-refractivity contribution in [3.63, 3.8) is 0 Å². The van der Waals surface area contributed by atoms with E-state index in [2.05, 4.69) is 233 Å². The number of esters is 3. The van der Waals surface area contributed by atoms with Crippen LogP contribution >= 0.6 is 11.8 Å². The summed E-state index contributed by atoms with van der Waals surface area (Å²) in [6.07, 6.45) is -17.0. The number of hydrogen-bond donors (Lipinski definition) is 0. The maximum absolute atomic E-state index is 13.6. The number of carbonyl (C=O) groups excluding carboxylic acids is 3. The number of benzene rings is 9. The highest BCUT2D eigenvalue weighted by atomic mass is 32.2. The molecule has 0 saturated heterocycles. The van der Waals surface area contributed by atoms with Crippen molar-refractivity contribution in [2.24, 2.45) is 87.8 Å². The minimum Gasteiger partial charge on any atom is -0.743 e. The van der Waals surface area contributed by atoms with Crippen molar-refractivity contribution in [1.29, 1.82) is 0 Å². The monoisotopic (exact) mass is 2040 g/mol. The molecule has 15 aliphatic rings. The van der Waals surface area contributed by atoms with Crippen LogP contribution < -0.4 is 4.74 Å². The van der Waals surface area contributed by atoms with Crippen LogP contribution in [-0.2, 0) is 98.1 Å². The van der Waals surface area contributed by atoms with E-state index in [4.69, 9.17) is 4.74 Å². The van der Waals surface area contributed by atoms with Gasteiger partial charge in [0.15, 0.2) is 76.1 Å². The lowest BCUT2D eigenvalue weighted by Crippen LogP contribution is -2.56. The highest BCUT2D eigenvalue weighted by Crippen LogP contribution is 2.68. The van der Waals surface area contributed by atoms with E-state index in [0.717, 1.165) is 62.9 Å². The molecule has 0 aromatic heterocycles. The van der Waals surface area contributed by atoms with Crippen molar-refractivity contribution in [3.05, 3.63) is 260 Å². The molecule has 137 heavy (non-hydrogen) atoms. The molecular formula is C99H89F15O16S7.